The van der Waals surface area contributed by atoms with Crippen LogP contribution in [0.2, 0.25) is 5.02 Å². The number of halogens is 1. The quantitative estimate of drug-likeness (QED) is 0.323. The highest BCUT2D eigenvalue weighted by Gasteiger charge is 2.39. The summed E-state index contributed by atoms with van der Waals surface area (Å²) < 4.78 is 1.01. The van der Waals surface area contributed by atoms with E-state index in [-0.39, 0.29) is 5.54 Å². The van der Waals surface area contributed by atoms with Crippen molar-refractivity contribution in [3.05, 3.63) is 67.3 Å². The molecule has 0 saturated carbocycles. The van der Waals surface area contributed by atoms with Crippen molar-refractivity contribution in [2.24, 2.45) is 0 Å². The van der Waals surface area contributed by atoms with E-state index in [1.54, 1.807) is 10.3 Å². The molecule has 0 unspecified atom stereocenters. The summed E-state index contributed by atoms with van der Waals surface area (Å²) in [6.07, 6.45) is 0. The van der Waals surface area contributed by atoms with Crippen molar-refractivity contribution in [1.29, 1.82) is 0 Å². The zero-order valence-corrected chi connectivity index (χ0v) is 17.5. The molecule has 5 heteroatoms. The van der Waals surface area contributed by atoms with Crippen molar-refractivity contribution in [2.45, 2.75) is 32.9 Å². The molecule has 0 fully saturated rings. The van der Waals surface area contributed by atoms with Crippen LogP contribution in [0.25, 0.3) is 11.1 Å². The van der Waals surface area contributed by atoms with E-state index in [0.29, 0.717) is 0 Å². The minimum atomic E-state index is -0.102. The number of rotatable bonds is 2. The Kier molecular flexibility index (Phi) is 4.27. The first-order valence-corrected chi connectivity index (χ1v) is 11.1. The molecular weight excluding hydrogens is 386 g/mol. The Morgan fingerprint density at radius 1 is 1.08 bits per heavy atom. The number of fused-ring (bicyclic) bond motifs is 3. The van der Waals surface area contributed by atoms with E-state index in [9.17, 15) is 0 Å². The average Bonchev–Trinajstić information content (AvgIpc) is 2.96. The summed E-state index contributed by atoms with van der Waals surface area (Å²) in [6.45, 7) is 7.57. The van der Waals surface area contributed by atoms with E-state index in [1.165, 1.54) is 32.8 Å². The van der Waals surface area contributed by atoms with Gasteiger partial charge in [0.1, 0.15) is 3.82 Å². The smallest absolute Gasteiger partial charge is 0.110 e. The fraction of sp³-hybridized carbons (Fsp3) is 0.250. The molecule has 128 valence electrons. The number of benzene rings is 2. The Bertz CT molecular complexity index is 999. The molecule has 2 heterocycles. The van der Waals surface area contributed by atoms with Gasteiger partial charge in [0.05, 0.1) is 10.4 Å². The van der Waals surface area contributed by atoms with Gasteiger partial charge in [0.25, 0.3) is 0 Å². The zero-order valence-electron chi connectivity index (χ0n) is 14.3. The molecule has 1 aromatic heterocycles. The Labute approximate surface area is 165 Å². The average molecular weight is 404 g/mol. The molecule has 0 N–H and O–H groups in total. The molecule has 0 radical (unpaired) electrons. The minimum Gasteiger partial charge on any atom is -0.357 e. The number of nitrogens with zero attached hydrogens (tertiary/aromatic N) is 1. The first-order chi connectivity index (χ1) is 11.9. The number of hydrogen-bond acceptors (Lipinski definition) is 4. The third-order valence-electron chi connectivity index (χ3n) is 4.83. The Hall–Kier alpha value is -1.20. The van der Waals surface area contributed by atoms with E-state index >= 15 is 0 Å². The van der Waals surface area contributed by atoms with Gasteiger partial charge in [-0.1, -0.05) is 68.3 Å². The summed E-state index contributed by atoms with van der Waals surface area (Å²) >= 11 is 11.7. The molecule has 0 aliphatic carbocycles. The fourth-order valence-corrected chi connectivity index (χ4v) is 6.89. The summed E-state index contributed by atoms with van der Waals surface area (Å²) in [7, 11) is 3.53. The molecule has 2 aromatic carbocycles. The highest BCUT2D eigenvalue weighted by Crippen LogP contribution is 2.52. The van der Waals surface area contributed by atoms with Gasteiger partial charge in [-0.25, -0.2) is 0 Å². The summed E-state index contributed by atoms with van der Waals surface area (Å²) in [5.41, 5.74) is 6.21. The molecule has 0 amide bonds. The molecule has 1 nitrogen and oxygen atoms in total. The first-order valence-electron chi connectivity index (χ1n) is 8.14. The van der Waals surface area contributed by atoms with Crippen LogP contribution in [0.3, 0.4) is 0 Å². The van der Waals surface area contributed by atoms with E-state index < -0.39 is 0 Å². The van der Waals surface area contributed by atoms with Crippen LogP contribution < -0.4 is 4.90 Å². The third-order valence-corrected chi connectivity index (χ3v) is 8.41. The lowest BCUT2D eigenvalue weighted by atomic mass is 9.86. The highest BCUT2D eigenvalue weighted by atomic mass is 35.5. The van der Waals surface area contributed by atoms with Crippen molar-refractivity contribution in [2.75, 3.05) is 4.90 Å². The van der Waals surface area contributed by atoms with Crippen molar-refractivity contribution in [1.82, 2.24) is 0 Å². The van der Waals surface area contributed by atoms with Crippen LogP contribution in [0.1, 0.15) is 29.9 Å². The number of hydrogen-bond donors (Lipinski definition) is 0. The largest absolute Gasteiger partial charge is 0.357 e. The maximum atomic E-state index is 6.06. The number of anilines is 1. The summed E-state index contributed by atoms with van der Waals surface area (Å²) in [4.78, 5) is 3.86. The second-order valence-electron chi connectivity index (χ2n) is 6.95. The SMILES string of the molecule is Cc1ccc2c(c1)-c1c(ssc1=S)C(C)(C)N2Cc1ccc(Cl)cc1. The molecule has 0 spiro atoms. The molecular formula is C20H18ClNS3. The standard InChI is InChI=1S/C20H18ClNS3/c1-12-4-9-16-15(10-12)17-18(24-25-19(17)23)20(2,3)22(16)11-13-5-7-14(21)8-6-13/h4-10H,11H2,1-3H3. The van der Waals surface area contributed by atoms with Crippen LogP contribution in [-0.2, 0) is 12.1 Å². The maximum Gasteiger partial charge on any atom is 0.110 e. The predicted molar refractivity (Wildman–Crippen MR) is 114 cm³/mol. The third kappa shape index (κ3) is 2.85. The fourth-order valence-electron chi connectivity index (χ4n) is 3.46. The molecule has 4 rings (SSSR count). The summed E-state index contributed by atoms with van der Waals surface area (Å²) in [5.74, 6) is 0. The lowest BCUT2D eigenvalue weighted by Gasteiger charge is -2.44. The second kappa shape index (κ2) is 6.20. The normalized spacial score (nSPS) is 15.0. The Morgan fingerprint density at radius 3 is 2.52 bits per heavy atom. The van der Waals surface area contributed by atoms with Gasteiger partial charge in [-0.2, -0.15) is 0 Å². The van der Waals surface area contributed by atoms with Crippen molar-refractivity contribution in [3.8, 4) is 11.1 Å². The molecule has 1 aliphatic heterocycles. The number of aryl methyl sites for hydroxylation is 1. The highest BCUT2D eigenvalue weighted by molar-refractivity contribution is 7.80. The van der Waals surface area contributed by atoms with Gasteiger partial charge in [-0.15, -0.1) is 0 Å². The molecule has 25 heavy (non-hydrogen) atoms. The molecule has 0 bridgehead atoms. The molecule has 0 saturated heterocycles. The van der Waals surface area contributed by atoms with Crippen LogP contribution in [0.5, 0.6) is 0 Å². The predicted octanol–water partition coefficient (Wildman–Crippen LogP) is 7.42. The molecule has 0 atom stereocenters. The minimum absolute atomic E-state index is 0.102. The summed E-state index contributed by atoms with van der Waals surface area (Å²) in [5, 5.41) is 0.774. The van der Waals surface area contributed by atoms with Crippen LogP contribution in [0.4, 0.5) is 5.69 Å². The second-order valence-corrected chi connectivity index (χ2v) is 10.2. The van der Waals surface area contributed by atoms with Gasteiger partial charge in [0.2, 0.25) is 0 Å². The lowest BCUT2D eigenvalue weighted by Crippen LogP contribution is -2.43. The first kappa shape index (κ1) is 17.2. The monoisotopic (exact) mass is 403 g/mol. The van der Waals surface area contributed by atoms with Gasteiger partial charge < -0.3 is 4.90 Å². The van der Waals surface area contributed by atoms with Gasteiger partial charge in [-0.05, 0) is 50.6 Å². The molecule has 1 aliphatic rings. The van der Waals surface area contributed by atoms with E-state index in [2.05, 4.69) is 56.0 Å². The van der Waals surface area contributed by atoms with E-state index in [1.807, 2.05) is 22.5 Å². The zero-order chi connectivity index (χ0) is 17.8. The van der Waals surface area contributed by atoms with Crippen molar-refractivity contribution >= 4 is 50.2 Å². The van der Waals surface area contributed by atoms with Crippen molar-refractivity contribution < 1.29 is 0 Å². The van der Waals surface area contributed by atoms with Crippen LogP contribution in [0, 0.1) is 10.7 Å². The van der Waals surface area contributed by atoms with Crippen LogP contribution in [-0.4, -0.2) is 0 Å². The van der Waals surface area contributed by atoms with Crippen LogP contribution in [0.15, 0.2) is 42.5 Å². The van der Waals surface area contributed by atoms with E-state index in [0.717, 1.165) is 15.4 Å². The Morgan fingerprint density at radius 2 is 1.80 bits per heavy atom. The van der Waals surface area contributed by atoms with Gasteiger partial charge >= 0.3 is 0 Å². The lowest BCUT2D eigenvalue weighted by molar-refractivity contribution is 0.483. The van der Waals surface area contributed by atoms with Crippen molar-refractivity contribution in [3.63, 3.8) is 0 Å². The van der Waals surface area contributed by atoms with Gasteiger partial charge in [0.15, 0.2) is 0 Å². The maximum absolute atomic E-state index is 6.06. The van der Waals surface area contributed by atoms with Gasteiger partial charge in [0, 0.05) is 28.4 Å². The van der Waals surface area contributed by atoms with Gasteiger partial charge in [-0.3, -0.25) is 0 Å². The van der Waals surface area contributed by atoms with Crippen LogP contribution >= 0.6 is 44.5 Å². The molecule has 3 aromatic rings. The van der Waals surface area contributed by atoms with E-state index in [4.69, 9.17) is 23.8 Å². The summed E-state index contributed by atoms with van der Waals surface area (Å²) in [6, 6.07) is 14.8. The topological polar surface area (TPSA) is 3.24 Å². The Balaban J connectivity index is 1.90.